The number of nitrogens with one attached hydrogen (secondary N) is 1. The van der Waals surface area contributed by atoms with Crippen LogP contribution in [0.15, 0.2) is 0 Å². The monoisotopic (exact) mass is 247 g/mol. The number of aliphatic hydroxyl groups excluding tert-OH is 1. The molecular weight excluding hydrogens is 218 g/mol. The Morgan fingerprint density at radius 3 is 2.19 bits per heavy atom. The van der Waals surface area contributed by atoms with Crippen LogP contribution < -0.4 is 5.32 Å². The van der Waals surface area contributed by atoms with Crippen LogP contribution in [0, 0.1) is 0 Å². The number of hydrogen-bond acceptors (Lipinski definition) is 2. The molecule has 0 saturated carbocycles. The largest absolute Gasteiger partial charge is 0.391 e. The first-order valence-corrected chi connectivity index (χ1v) is 8.86. The van der Waals surface area contributed by atoms with Crippen LogP contribution in [0.3, 0.4) is 0 Å². The summed E-state index contributed by atoms with van der Waals surface area (Å²) in [5, 5.41) is 15.2. The Labute approximate surface area is 103 Å². The first-order chi connectivity index (χ1) is 7.38. The van der Waals surface area contributed by atoms with Crippen LogP contribution in [0.4, 0.5) is 0 Å². The Kier molecular flexibility index (Phi) is 5.14. The van der Waals surface area contributed by atoms with Crippen molar-refractivity contribution in [1.29, 1.82) is 0 Å². The Hall–Kier alpha value is 0.270. The summed E-state index contributed by atoms with van der Waals surface area (Å²) in [6.45, 7) is 10.3. The van der Waals surface area contributed by atoms with E-state index in [9.17, 15) is 5.11 Å². The SMILES string of the molecule is CC(C)S(C)(C[C@@H](O)[C@@H]1CCCN1)C(C)C. The van der Waals surface area contributed by atoms with E-state index in [0.29, 0.717) is 16.5 Å². The number of hydrogen-bond donors (Lipinski definition) is 2. The van der Waals surface area contributed by atoms with Crippen LogP contribution in [0.1, 0.15) is 40.5 Å². The zero-order valence-corrected chi connectivity index (χ0v) is 12.3. The van der Waals surface area contributed by atoms with Gasteiger partial charge in [0.15, 0.2) is 0 Å². The van der Waals surface area contributed by atoms with Gasteiger partial charge in [-0.1, -0.05) is 27.7 Å². The third kappa shape index (κ3) is 3.14. The molecule has 0 unspecified atom stereocenters. The summed E-state index contributed by atoms with van der Waals surface area (Å²) in [6, 6.07) is 0.351. The Bertz CT molecular complexity index is 204. The summed E-state index contributed by atoms with van der Waals surface area (Å²) in [6.07, 6.45) is 4.62. The lowest BCUT2D eigenvalue weighted by Crippen LogP contribution is -2.41. The van der Waals surface area contributed by atoms with Gasteiger partial charge in [-0.2, -0.15) is 0 Å². The van der Waals surface area contributed by atoms with Gasteiger partial charge in [-0.3, -0.25) is 0 Å². The molecule has 2 N–H and O–H groups in total. The highest BCUT2D eigenvalue weighted by Crippen LogP contribution is 2.53. The molecule has 0 aromatic rings. The van der Waals surface area contributed by atoms with E-state index in [1.807, 2.05) is 0 Å². The standard InChI is InChI=1S/C13H29NOS/c1-10(2)16(5,11(3)4)9-13(15)12-7-6-8-14-12/h10-15H,6-9H2,1-5H3/t12-,13+/m0/s1. The second-order valence-corrected chi connectivity index (χ2v) is 10.4. The molecule has 1 aliphatic rings. The average Bonchev–Trinajstić information content (AvgIpc) is 2.69. The van der Waals surface area contributed by atoms with Gasteiger partial charge in [0.05, 0.1) is 6.10 Å². The van der Waals surface area contributed by atoms with Crippen molar-refractivity contribution in [3.8, 4) is 0 Å². The minimum Gasteiger partial charge on any atom is -0.391 e. The molecule has 0 aromatic heterocycles. The van der Waals surface area contributed by atoms with E-state index in [-0.39, 0.29) is 6.10 Å². The van der Waals surface area contributed by atoms with Crippen molar-refractivity contribution in [2.45, 2.75) is 63.2 Å². The van der Waals surface area contributed by atoms with Gasteiger partial charge in [0.1, 0.15) is 0 Å². The zero-order chi connectivity index (χ0) is 12.3. The molecule has 0 amide bonds. The van der Waals surface area contributed by atoms with Crippen molar-refractivity contribution in [1.82, 2.24) is 5.32 Å². The van der Waals surface area contributed by atoms with Crippen LogP contribution in [-0.2, 0) is 0 Å². The quantitative estimate of drug-likeness (QED) is 0.781. The minimum atomic E-state index is -0.699. The maximum Gasteiger partial charge on any atom is 0.0768 e. The fraction of sp³-hybridized carbons (Fsp3) is 1.00. The van der Waals surface area contributed by atoms with E-state index < -0.39 is 10.0 Å². The lowest BCUT2D eigenvalue weighted by Gasteiger charge is -2.46. The predicted octanol–water partition coefficient (Wildman–Crippen LogP) is 2.35. The minimum absolute atomic E-state index is 0.146. The molecule has 1 aliphatic heterocycles. The first-order valence-electron chi connectivity index (χ1n) is 6.53. The van der Waals surface area contributed by atoms with Gasteiger partial charge in [0.2, 0.25) is 0 Å². The van der Waals surface area contributed by atoms with Gasteiger partial charge in [-0.05, 0) is 36.1 Å². The third-order valence-electron chi connectivity index (χ3n) is 4.25. The Morgan fingerprint density at radius 1 is 1.25 bits per heavy atom. The van der Waals surface area contributed by atoms with E-state index in [0.717, 1.165) is 18.7 Å². The molecule has 2 atom stereocenters. The van der Waals surface area contributed by atoms with Crippen molar-refractivity contribution in [2.75, 3.05) is 18.6 Å². The lowest BCUT2D eigenvalue weighted by atomic mass is 10.1. The average molecular weight is 247 g/mol. The van der Waals surface area contributed by atoms with Crippen LogP contribution in [0.2, 0.25) is 0 Å². The number of rotatable bonds is 5. The summed E-state index contributed by atoms with van der Waals surface area (Å²) in [5.74, 6) is 1.00. The summed E-state index contributed by atoms with van der Waals surface area (Å²) < 4.78 is 0. The van der Waals surface area contributed by atoms with Crippen molar-refractivity contribution < 1.29 is 5.11 Å². The highest BCUT2D eigenvalue weighted by molar-refractivity contribution is 8.34. The fourth-order valence-electron chi connectivity index (χ4n) is 2.45. The van der Waals surface area contributed by atoms with Crippen LogP contribution in [0.25, 0.3) is 0 Å². The molecule has 16 heavy (non-hydrogen) atoms. The van der Waals surface area contributed by atoms with Gasteiger partial charge in [-0.15, -0.1) is 0 Å². The van der Waals surface area contributed by atoms with Gasteiger partial charge >= 0.3 is 0 Å². The highest BCUT2D eigenvalue weighted by atomic mass is 32.3. The molecule has 0 aromatic carbocycles. The maximum absolute atomic E-state index is 10.3. The van der Waals surface area contributed by atoms with Gasteiger partial charge in [-0.25, -0.2) is 10.0 Å². The van der Waals surface area contributed by atoms with E-state index in [2.05, 4.69) is 39.3 Å². The molecule has 98 valence electrons. The Morgan fingerprint density at radius 2 is 1.81 bits per heavy atom. The normalized spacial score (nSPS) is 25.4. The second kappa shape index (κ2) is 5.74. The van der Waals surface area contributed by atoms with Crippen LogP contribution in [0.5, 0.6) is 0 Å². The van der Waals surface area contributed by atoms with E-state index in [1.54, 1.807) is 0 Å². The van der Waals surface area contributed by atoms with Crippen LogP contribution in [-0.4, -0.2) is 46.3 Å². The van der Waals surface area contributed by atoms with Gasteiger partial charge in [0.25, 0.3) is 0 Å². The van der Waals surface area contributed by atoms with Gasteiger partial charge in [0, 0.05) is 11.8 Å². The molecule has 3 heteroatoms. The fourth-order valence-corrected chi connectivity index (χ4v) is 5.28. The molecule has 1 heterocycles. The predicted molar refractivity (Wildman–Crippen MR) is 75.7 cm³/mol. The van der Waals surface area contributed by atoms with Crippen molar-refractivity contribution in [3.05, 3.63) is 0 Å². The van der Waals surface area contributed by atoms with Crippen molar-refractivity contribution in [3.63, 3.8) is 0 Å². The molecule has 1 saturated heterocycles. The van der Waals surface area contributed by atoms with E-state index >= 15 is 0 Å². The lowest BCUT2D eigenvalue weighted by molar-refractivity contribution is 0.158. The summed E-state index contributed by atoms with van der Waals surface area (Å²) in [7, 11) is -0.699. The maximum atomic E-state index is 10.3. The van der Waals surface area contributed by atoms with Crippen molar-refractivity contribution in [2.24, 2.45) is 0 Å². The molecule has 0 bridgehead atoms. The zero-order valence-electron chi connectivity index (χ0n) is 11.5. The number of aliphatic hydroxyl groups is 1. The molecule has 0 radical (unpaired) electrons. The van der Waals surface area contributed by atoms with Gasteiger partial charge < -0.3 is 10.4 Å². The van der Waals surface area contributed by atoms with E-state index in [4.69, 9.17) is 0 Å². The summed E-state index contributed by atoms with van der Waals surface area (Å²) in [4.78, 5) is 0. The first kappa shape index (κ1) is 14.3. The summed E-state index contributed by atoms with van der Waals surface area (Å²) >= 11 is 0. The van der Waals surface area contributed by atoms with E-state index in [1.165, 1.54) is 6.42 Å². The smallest absolute Gasteiger partial charge is 0.0768 e. The molecule has 0 spiro atoms. The van der Waals surface area contributed by atoms with Crippen molar-refractivity contribution >= 4 is 10.0 Å². The summed E-state index contributed by atoms with van der Waals surface area (Å²) in [5.41, 5.74) is 0. The Balaban J connectivity index is 2.60. The highest BCUT2D eigenvalue weighted by Gasteiger charge is 2.32. The van der Waals surface area contributed by atoms with Crippen LogP contribution >= 0.6 is 10.0 Å². The molecule has 2 nitrogen and oxygen atoms in total. The molecule has 1 rings (SSSR count). The molecule has 0 aliphatic carbocycles. The molecular formula is C13H29NOS. The topological polar surface area (TPSA) is 32.3 Å². The second-order valence-electron chi connectivity index (χ2n) is 5.76. The molecule has 1 fully saturated rings. The third-order valence-corrected chi connectivity index (χ3v) is 9.61.